The highest BCUT2D eigenvalue weighted by atomic mass is 14.7. The normalized spacial score (nSPS) is 11.7. The number of para-hydroxylation sites is 1. The van der Waals surface area contributed by atoms with Crippen LogP contribution in [0.3, 0.4) is 0 Å². The van der Waals surface area contributed by atoms with Crippen molar-refractivity contribution in [3.05, 3.63) is 30.3 Å². The van der Waals surface area contributed by atoms with E-state index in [9.17, 15) is 0 Å². The first-order valence-corrected chi connectivity index (χ1v) is 5.42. The van der Waals surface area contributed by atoms with E-state index < -0.39 is 0 Å². The van der Waals surface area contributed by atoms with Crippen LogP contribution in [0.2, 0.25) is 0 Å². The molecule has 0 atom stereocenters. The molecule has 0 N–H and O–H groups in total. The molecular weight excluding hydrogens is 170 g/mol. The minimum Gasteiger partial charge on any atom is -0.258 e. The van der Waals surface area contributed by atoms with Crippen molar-refractivity contribution < 1.29 is 0 Å². The molecule has 0 unspecified atom stereocenters. The van der Waals surface area contributed by atoms with Gasteiger partial charge in [-0.2, -0.15) is 0 Å². The molecule has 0 aromatic heterocycles. The molecule has 0 fully saturated rings. The van der Waals surface area contributed by atoms with Crippen LogP contribution >= 0.6 is 0 Å². The number of rotatable bonds is 5. The van der Waals surface area contributed by atoms with Crippen LogP contribution in [0.25, 0.3) is 0 Å². The highest BCUT2D eigenvalue weighted by Crippen LogP contribution is 2.12. The molecule has 0 radical (unpaired) electrons. The van der Waals surface area contributed by atoms with E-state index in [0.717, 1.165) is 12.1 Å². The van der Waals surface area contributed by atoms with Crippen LogP contribution in [0, 0.1) is 0 Å². The van der Waals surface area contributed by atoms with E-state index in [-0.39, 0.29) is 0 Å². The first-order valence-electron chi connectivity index (χ1n) is 5.42. The van der Waals surface area contributed by atoms with E-state index >= 15 is 0 Å². The van der Waals surface area contributed by atoms with Gasteiger partial charge < -0.3 is 0 Å². The number of benzene rings is 1. The Morgan fingerprint density at radius 3 is 2.50 bits per heavy atom. The highest BCUT2D eigenvalue weighted by molar-refractivity contribution is 5.84. The lowest BCUT2D eigenvalue weighted by Crippen LogP contribution is -1.90. The van der Waals surface area contributed by atoms with Gasteiger partial charge in [-0.15, -0.1) is 0 Å². The van der Waals surface area contributed by atoms with E-state index in [0.29, 0.717) is 0 Å². The van der Waals surface area contributed by atoms with Crippen molar-refractivity contribution in [3.8, 4) is 0 Å². The fourth-order valence-electron chi connectivity index (χ4n) is 1.41. The number of hydrogen-bond acceptors (Lipinski definition) is 1. The smallest absolute Gasteiger partial charge is 0.0628 e. The summed E-state index contributed by atoms with van der Waals surface area (Å²) < 4.78 is 0. The quantitative estimate of drug-likeness (QED) is 0.482. The van der Waals surface area contributed by atoms with Gasteiger partial charge in [-0.1, -0.05) is 38.0 Å². The summed E-state index contributed by atoms with van der Waals surface area (Å²) in [5, 5.41) is 0. The van der Waals surface area contributed by atoms with Crippen LogP contribution in [0.15, 0.2) is 35.3 Å². The molecule has 1 aromatic rings. The van der Waals surface area contributed by atoms with E-state index in [1.165, 1.54) is 25.0 Å². The van der Waals surface area contributed by atoms with Crippen LogP contribution in [0.4, 0.5) is 5.69 Å². The van der Waals surface area contributed by atoms with Gasteiger partial charge in [-0.25, -0.2) is 0 Å². The molecule has 1 aromatic carbocycles. The largest absolute Gasteiger partial charge is 0.258 e. The predicted octanol–water partition coefficient (Wildman–Crippen LogP) is 4.36. The van der Waals surface area contributed by atoms with Gasteiger partial charge in [0.05, 0.1) is 5.69 Å². The third-order valence-corrected chi connectivity index (χ3v) is 2.22. The maximum atomic E-state index is 4.55. The van der Waals surface area contributed by atoms with Crippen molar-refractivity contribution >= 4 is 11.4 Å². The Morgan fingerprint density at radius 2 is 1.86 bits per heavy atom. The van der Waals surface area contributed by atoms with E-state index in [2.05, 4.69) is 18.8 Å². The summed E-state index contributed by atoms with van der Waals surface area (Å²) >= 11 is 0. The zero-order valence-electron chi connectivity index (χ0n) is 9.16. The molecule has 0 bridgehead atoms. The summed E-state index contributed by atoms with van der Waals surface area (Å²) in [6.45, 7) is 4.34. The summed E-state index contributed by atoms with van der Waals surface area (Å²) in [6.07, 6.45) is 4.97. The number of aliphatic imine (C=N–C) groups is 1. The van der Waals surface area contributed by atoms with E-state index in [1.54, 1.807) is 0 Å². The molecule has 1 heteroatoms. The topological polar surface area (TPSA) is 12.4 Å². The second-order valence-corrected chi connectivity index (χ2v) is 3.64. The molecule has 1 rings (SSSR count). The van der Waals surface area contributed by atoms with Crippen molar-refractivity contribution in [2.45, 2.75) is 39.5 Å². The Morgan fingerprint density at radius 1 is 1.14 bits per heavy atom. The van der Waals surface area contributed by atoms with Crippen molar-refractivity contribution in [2.75, 3.05) is 0 Å². The van der Waals surface area contributed by atoms with Crippen LogP contribution in [-0.2, 0) is 0 Å². The third-order valence-electron chi connectivity index (χ3n) is 2.22. The fraction of sp³-hybridized carbons (Fsp3) is 0.462. The Balaban J connectivity index is 2.43. The Hall–Kier alpha value is -1.11. The minimum atomic E-state index is 1.07. The molecule has 0 heterocycles. The van der Waals surface area contributed by atoms with Gasteiger partial charge in [0.1, 0.15) is 0 Å². The summed E-state index contributed by atoms with van der Waals surface area (Å²) in [6, 6.07) is 10.2. The van der Waals surface area contributed by atoms with Crippen molar-refractivity contribution in [1.82, 2.24) is 0 Å². The zero-order valence-corrected chi connectivity index (χ0v) is 9.16. The van der Waals surface area contributed by atoms with E-state index in [1.807, 2.05) is 30.3 Å². The highest BCUT2D eigenvalue weighted by Gasteiger charge is 1.92. The second kappa shape index (κ2) is 6.36. The van der Waals surface area contributed by atoms with Crippen molar-refractivity contribution in [3.63, 3.8) is 0 Å². The van der Waals surface area contributed by atoms with Gasteiger partial charge in [-0.3, -0.25) is 4.99 Å². The molecule has 0 aliphatic heterocycles. The molecule has 1 nitrogen and oxygen atoms in total. The van der Waals surface area contributed by atoms with Crippen LogP contribution in [-0.4, -0.2) is 5.71 Å². The van der Waals surface area contributed by atoms with Gasteiger partial charge in [0.15, 0.2) is 0 Å². The summed E-state index contributed by atoms with van der Waals surface area (Å²) in [5.41, 5.74) is 2.31. The van der Waals surface area contributed by atoms with Gasteiger partial charge in [0.25, 0.3) is 0 Å². The number of nitrogens with zero attached hydrogens (tertiary/aromatic N) is 1. The van der Waals surface area contributed by atoms with Gasteiger partial charge in [-0.05, 0) is 31.9 Å². The average molecular weight is 189 g/mol. The molecule has 0 aliphatic rings. The monoisotopic (exact) mass is 189 g/mol. The SMILES string of the molecule is CCCCCC(C)=Nc1ccccc1. The summed E-state index contributed by atoms with van der Waals surface area (Å²) in [7, 11) is 0. The molecule has 0 saturated carbocycles. The van der Waals surface area contributed by atoms with Crippen molar-refractivity contribution in [1.29, 1.82) is 0 Å². The molecule has 76 valence electrons. The first kappa shape index (κ1) is 11.0. The summed E-state index contributed by atoms with van der Waals surface area (Å²) in [5.74, 6) is 0. The number of unbranched alkanes of at least 4 members (excludes halogenated alkanes) is 2. The van der Waals surface area contributed by atoms with Crippen molar-refractivity contribution in [2.24, 2.45) is 4.99 Å². The molecule has 0 amide bonds. The Kier molecular flexibility index (Phi) is 4.98. The number of hydrogen-bond donors (Lipinski definition) is 0. The minimum absolute atomic E-state index is 1.07. The van der Waals surface area contributed by atoms with Crippen LogP contribution in [0.5, 0.6) is 0 Å². The zero-order chi connectivity index (χ0) is 10.2. The maximum Gasteiger partial charge on any atom is 0.0628 e. The lowest BCUT2D eigenvalue weighted by molar-refractivity contribution is 0.741. The summed E-state index contributed by atoms with van der Waals surface area (Å²) in [4.78, 5) is 4.55. The second-order valence-electron chi connectivity index (χ2n) is 3.64. The third kappa shape index (κ3) is 4.22. The predicted molar refractivity (Wildman–Crippen MR) is 63.4 cm³/mol. The molecule has 0 saturated heterocycles. The van der Waals surface area contributed by atoms with Gasteiger partial charge >= 0.3 is 0 Å². The lowest BCUT2D eigenvalue weighted by atomic mass is 10.1. The molecule has 0 aliphatic carbocycles. The standard InChI is InChI=1S/C13H19N/c1-3-4-6-9-12(2)14-13-10-7-5-8-11-13/h5,7-8,10-11H,3-4,6,9H2,1-2H3. The lowest BCUT2D eigenvalue weighted by Gasteiger charge is -1.99. The van der Waals surface area contributed by atoms with Gasteiger partial charge in [0.2, 0.25) is 0 Å². The first-order chi connectivity index (χ1) is 6.83. The maximum absolute atomic E-state index is 4.55. The molecular formula is C13H19N. The average Bonchev–Trinajstić information content (AvgIpc) is 2.20. The van der Waals surface area contributed by atoms with Crippen LogP contribution in [0.1, 0.15) is 39.5 Å². The van der Waals surface area contributed by atoms with Gasteiger partial charge in [0, 0.05) is 5.71 Å². The Bertz CT molecular complexity index is 275. The molecule has 0 spiro atoms. The molecule has 14 heavy (non-hydrogen) atoms. The Labute approximate surface area is 86.9 Å². The van der Waals surface area contributed by atoms with Crippen LogP contribution < -0.4 is 0 Å². The fourth-order valence-corrected chi connectivity index (χ4v) is 1.41. The van der Waals surface area contributed by atoms with E-state index in [4.69, 9.17) is 0 Å².